The Labute approximate surface area is 97.0 Å². The molecule has 0 radical (unpaired) electrons. The summed E-state index contributed by atoms with van der Waals surface area (Å²) in [6.45, 7) is 0. The monoisotopic (exact) mass is 224 g/mol. The van der Waals surface area contributed by atoms with Gasteiger partial charge in [-0.15, -0.1) is 0 Å². The van der Waals surface area contributed by atoms with E-state index in [4.69, 9.17) is 0 Å². The number of aromatic nitrogens is 4. The number of hydrogen-bond acceptors (Lipinski definition) is 4. The van der Waals surface area contributed by atoms with Gasteiger partial charge in [-0.2, -0.15) is 0 Å². The number of benzene rings is 1. The van der Waals surface area contributed by atoms with Crippen molar-refractivity contribution < 1.29 is 9.62 Å². The molecule has 3 rings (SSSR count). The lowest BCUT2D eigenvalue weighted by molar-refractivity contribution is -0.583. The third-order valence-corrected chi connectivity index (χ3v) is 2.40. The second kappa shape index (κ2) is 3.79. The van der Waals surface area contributed by atoms with Crippen LogP contribution in [0.4, 0.5) is 0 Å². The van der Waals surface area contributed by atoms with Gasteiger partial charge in [0, 0.05) is 10.7 Å². The van der Waals surface area contributed by atoms with Crippen LogP contribution in [0.2, 0.25) is 0 Å². The second-order valence-electron chi connectivity index (χ2n) is 3.51. The van der Waals surface area contributed by atoms with Crippen LogP contribution in [-0.2, 0) is 0 Å². The summed E-state index contributed by atoms with van der Waals surface area (Å²) in [6.07, 6.45) is 4.66. The highest BCUT2D eigenvalue weighted by molar-refractivity contribution is 5.56. The number of nitrogens with zero attached hydrogens (tertiary/aromatic N) is 4. The maximum absolute atomic E-state index is 11.8. The minimum atomic E-state index is -0.327. The molecule has 0 aliphatic rings. The molecule has 0 N–H and O–H groups in total. The van der Waals surface area contributed by atoms with Gasteiger partial charge in [0.2, 0.25) is 12.0 Å². The number of rotatable bonds is 1. The first-order valence-electron chi connectivity index (χ1n) is 5.11. The first-order valence-corrected chi connectivity index (χ1v) is 5.11. The fourth-order valence-corrected chi connectivity index (χ4v) is 1.58. The zero-order valence-corrected chi connectivity index (χ0v) is 8.82. The average Bonchev–Trinajstić information content (AvgIpc) is 2.40. The average molecular weight is 224 g/mol. The maximum Gasteiger partial charge on any atom is 0.267 e. The zero-order chi connectivity index (χ0) is 11.7. The van der Waals surface area contributed by atoms with Crippen molar-refractivity contribution in [2.45, 2.75) is 0 Å². The summed E-state index contributed by atoms with van der Waals surface area (Å²) in [7, 11) is 0. The first kappa shape index (κ1) is 9.65. The minimum absolute atomic E-state index is 0.327. The van der Waals surface area contributed by atoms with Gasteiger partial charge in [0.25, 0.3) is 5.52 Å². The normalized spacial score (nSPS) is 10.6. The molecule has 5 nitrogen and oxygen atoms in total. The zero-order valence-electron chi connectivity index (χ0n) is 8.82. The van der Waals surface area contributed by atoms with Crippen LogP contribution in [0.5, 0.6) is 5.88 Å². The molecule has 1 aromatic carbocycles. The lowest BCUT2D eigenvalue weighted by atomic mass is 10.2. The summed E-state index contributed by atoms with van der Waals surface area (Å²) in [4.78, 5) is 7.82. The Bertz CT molecular complexity index is 670. The molecule has 0 saturated heterocycles. The highest BCUT2D eigenvalue weighted by Gasteiger charge is 2.10. The predicted octanol–water partition coefficient (Wildman–Crippen LogP) is 0.351. The molecular weight excluding hydrogens is 216 g/mol. The molecule has 0 aliphatic carbocycles. The second-order valence-corrected chi connectivity index (χ2v) is 3.51. The summed E-state index contributed by atoms with van der Waals surface area (Å²) in [6, 6.07) is 9.39. The van der Waals surface area contributed by atoms with Gasteiger partial charge in [-0.25, -0.2) is 4.98 Å². The van der Waals surface area contributed by atoms with Crippen molar-refractivity contribution in [3.05, 3.63) is 48.9 Å². The van der Waals surface area contributed by atoms with Crippen LogP contribution < -0.4 is 9.62 Å². The first-order chi connectivity index (χ1) is 8.34. The molecule has 5 heteroatoms. The van der Waals surface area contributed by atoms with Crippen LogP contribution in [0.3, 0.4) is 0 Å². The quantitative estimate of drug-likeness (QED) is 0.559. The lowest BCUT2D eigenvalue weighted by Crippen LogP contribution is -2.29. The highest BCUT2D eigenvalue weighted by atomic mass is 16.3. The van der Waals surface area contributed by atoms with Crippen molar-refractivity contribution in [3.63, 3.8) is 0 Å². The van der Waals surface area contributed by atoms with Gasteiger partial charge in [-0.05, 0) is 4.52 Å². The van der Waals surface area contributed by atoms with E-state index in [9.17, 15) is 5.11 Å². The molecule has 2 aromatic heterocycles. The number of fused-ring (bicyclic) bond motifs is 1. The molecule has 0 amide bonds. The van der Waals surface area contributed by atoms with E-state index >= 15 is 0 Å². The Morgan fingerprint density at radius 3 is 2.76 bits per heavy atom. The van der Waals surface area contributed by atoms with Crippen LogP contribution >= 0.6 is 0 Å². The predicted molar refractivity (Wildman–Crippen MR) is 57.9 cm³/mol. The topological polar surface area (TPSA) is 65.8 Å². The van der Waals surface area contributed by atoms with Crippen molar-refractivity contribution in [3.8, 4) is 17.3 Å². The van der Waals surface area contributed by atoms with Crippen LogP contribution in [0, 0.1) is 0 Å². The molecule has 0 fully saturated rings. The molecule has 0 aliphatic heterocycles. The van der Waals surface area contributed by atoms with E-state index in [0.29, 0.717) is 11.3 Å². The van der Waals surface area contributed by atoms with E-state index in [-0.39, 0.29) is 5.88 Å². The van der Waals surface area contributed by atoms with Crippen LogP contribution in [-0.4, -0.2) is 15.1 Å². The van der Waals surface area contributed by atoms with E-state index in [1.165, 1.54) is 10.7 Å². The summed E-state index contributed by atoms with van der Waals surface area (Å²) < 4.78 is 1.49. The fraction of sp³-hybridized carbons (Fsp3) is 0. The van der Waals surface area contributed by atoms with Gasteiger partial charge in [-0.3, -0.25) is 4.98 Å². The van der Waals surface area contributed by atoms with Gasteiger partial charge < -0.3 is 5.11 Å². The fourth-order valence-electron chi connectivity index (χ4n) is 1.58. The SMILES string of the molecule is [O-]c1nc(-c2ccccc2)n[n+]2ccncc12. The van der Waals surface area contributed by atoms with Crippen molar-refractivity contribution in [1.82, 2.24) is 15.1 Å². The van der Waals surface area contributed by atoms with E-state index in [1.807, 2.05) is 30.3 Å². The molecule has 17 heavy (non-hydrogen) atoms. The summed E-state index contributed by atoms with van der Waals surface area (Å²) in [5.41, 5.74) is 1.18. The third-order valence-electron chi connectivity index (χ3n) is 2.40. The van der Waals surface area contributed by atoms with Crippen LogP contribution in [0.1, 0.15) is 0 Å². The van der Waals surface area contributed by atoms with E-state index < -0.39 is 0 Å². The molecule has 0 saturated carbocycles. The van der Waals surface area contributed by atoms with Crippen molar-refractivity contribution >= 4 is 5.52 Å². The van der Waals surface area contributed by atoms with Crippen LogP contribution in [0.15, 0.2) is 48.9 Å². The summed E-state index contributed by atoms with van der Waals surface area (Å²) in [5.74, 6) is 0.0891. The van der Waals surface area contributed by atoms with Gasteiger partial charge >= 0.3 is 0 Å². The molecule has 0 atom stereocenters. The Hall–Kier alpha value is -2.56. The molecule has 3 aromatic rings. The standard InChI is InChI=1S/C12H8N4O/c17-12-10-8-13-6-7-16(10)15-11(14-12)9-4-2-1-3-5-9/h1-8H. The smallest absolute Gasteiger partial charge is 0.267 e. The Morgan fingerprint density at radius 1 is 1.12 bits per heavy atom. The van der Waals surface area contributed by atoms with E-state index in [0.717, 1.165) is 5.56 Å². The molecule has 0 bridgehead atoms. The van der Waals surface area contributed by atoms with Crippen molar-refractivity contribution in [2.75, 3.05) is 0 Å². The van der Waals surface area contributed by atoms with E-state index in [1.54, 1.807) is 12.4 Å². The molecule has 0 unspecified atom stereocenters. The van der Waals surface area contributed by atoms with Gasteiger partial charge in [0.1, 0.15) is 6.20 Å². The van der Waals surface area contributed by atoms with Crippen molar-refractivity contribution in [2.24, 2.45) is 0 Å². The molecule has 2 heterocycles. The molecular formula is C12H8N4O. The Morgan fingerprint density at radius 2 is 1.94 bits per heavy atom. The van der Waals surface area contributed by atoms with Crippen LogP contribution in [0.25, 0.3) is 16.9 Å². The summed E-state index contributed by atoms with van der Waals surface area (Å²) in [5, 5.41) is 16.0. The van der Waals surface area contributed by atoms with E-state index in [2.05, 4.69) is 15.1 Å². The number of hydrogen-bond donors (Lipinski definition) is 0. The Balaban J connectivity index is 2.26. The maximum atomic E-state index is 11.8. The third kappa shape index (κ3) is 1.67. The van der Waals surface area contributed by atoms with Crippen molar-refractivity contribution in [1.29, 1.82) is 0 Å². The lowest BCUT2D eigenvalue weighted by Gasteiger charge is -2.04. The van der Waals surface area contributed by atoms with Gasteiger partial charge in [-0.1, -0.05) is 30.3 Å². The summed E-state index contributed by atoms with van der Waals surface area (Å²) >= 11 is 0. The Kier molecular flexibility index (Phi) is 2.15. The molecule has 82 valence electrons. The highest BCUT2D eigenvalue weighted by Crippen LogP contribution is 2.15. The largest absolute Gasteiger partial charge is 0.854 e. The van der Waals surface area contributed by atoms with Gasteiger partial charge in [0.05, 0.1) is 12.1 Å². The van der Waals surface area contributed by atoms with Gasteiger partial charge in [0.15, 0.2) is 0 Å². The molecule has 0 spiro atoms. The minimum Gasteiger partial charge on any atom is -0.854 e.